The summed E-state index contributed by atoms with van der Waals surface area (Å²) in [6, 6.07) is 7.23. The molecule has 0 aliphatic heterocycles. The topological polar surface area (TPSA) is 52.3 Å². The van der Waals surface area contributed by atoms with E-state index in [1.165, 1.54) is 0 Å². The van der Waals surface area contributed by atoms with Gasteiger partial charge in [0.05, 0.1) is 12.2 Å². The van der Waals surface area contributed by atoms with Gasteiger partial charge in [0.25, 0.3) is 0 Å². The van der Waals surface area contributed by atoms with Crippen LogP contribution in [0.15, 0.2) is 24.3 Å². The summed E-state index contributed by atoms with van der Waals surface area (Å²) in [5.74, 6) is -0.260. The van der Waals surface area contributed by atoms with Crippen LogP contribution in [0, 0.1) is 0 Å². The van der Waals surface area contributed by atoms with E-state index in [2.05, 4.69) is 6.92 Å². The molecule has 0 radical (unpaired) electrons. The molecule has 1 aromatic rings. The van der Waals surface area contributed by atoms with Crippen molar-refractivity contribution >= 4 is 5.97 Å². The summed E-state index contributed by atoms with van der Waals surface area (Å²) in [5, 5.41) is 0. The first-order chi connectivity index (χ1) is 7.65. The highest BCUT2D eigenvalue weighted by atomic mass is 16.5. The molecule has 0 saturated carbocycles. The molecule has 0 aliphatic rings. The van der Waals surface area contributed by atoms with Gasteiger partial charge in [-0.15, -0.1) is 0 Å². The summed E-state index contributed by atoms with van der Waals surface area (Å²) in [6.07, 6.45) is 1.93. The summed E-state index contributed by atoms with van der Waals surface area (Å²) in [6.45, 7) is 4.46. The zero-order valence-electron chi connectivity index (χ0n) is 9.90. The molecule has 0 unspecified atom stereocenters. The Balaban J connectivity index is 2.56. The summed E-state index contributed by atoms with van der Waals surface area (Å²) >= 11 is 0. The van der Waals surface area contributed by atoms with Crippen molar-refractivity contribution in [3.8, 4) is 0 Å². The smallest absolute Gasteiger partial charge is 0.338 e. The Labute approximate surface area is 96.6 Å². The Morgan fingerprint density at radius 1 is 1.38 bits per heavy atom. The van der Waals surface area contributed by atoms with E-state index in [1.54, 1.807) is 12.1 Å². The highest BCUT2D eigenvalue weighted by Crippen LogP contribution is 2.11. The average molecular weight is 221 g/mol. The van der Waals surface area contributed by atoms with Crippen molar-refractivity contribution in [2.24, 2.45) is 5.73 Å². The first kappa shape index (κ1) is 12.7. The van der Waals surface area contributed by atoms with Gasteiger partial charge in [-0.2, -0.15) is 0 Å². The zero-order valence-corrected chi connectivity index (χ0v) is 9.90. The number of rotatable bonds is 5. The van der Waals surface area contributed by atoms with Crippen molar-refractivity contribution in [3.63, 3.8) is 0 Å². The lowest BCUT2D eigenvalue weighted by atomic mass is 10.1. The lowest BCUT2D eigenvalue weighted by Gasteiger charge is -2.07. The first-order valence-corrected chi connectivity index (χ1v) is 5.67. The van der Waals surface area contributed by atoms with Gasteiger partial charge in [0.2, 0.25) is 0 Å². The van der Waals surface area contributed by atoms with Gasteiger partial charge in [-0.05, 0) is 31.0 Å². The van der Waals surface area contributed by atoms with Crippen molar-refractivity contribution < 1.29 is 9.53 Å². The van der Waals surface area contributed by atoms with Crippen LogP contribution < -0.4 is 5.73 Å². The summed E-state index contributed by atoms with van der Waals surface area (Å²) < 4.78 is 5.10. The second-order valence-electron chi connectivity index (χ2n) is 3.90. The second-order valence-corrected chi connectivity index (χ2v) is 3.90. The summed E-state index contributed by atoms with van der Waals surface area (Å²) in [7, 11) is 0. The predicted molar refractivity (Wildman–Crippen MR) is 64.2 cm³/mol. The largest absolute Gasteiger partial charge is 0.462 e. The first-order valence-electron chi connectivity index (χ1n) is 5.67. The van der Waals surface area contributed by atoms with Crippen molar-refractivity contribution in [1.82, 2.24) is 0 Å². The fourth-order valence-electron chi connectivity index (χ4n) is 1.32. The van der Waals surface area contributed by atoms with E-state index >= 15 is 0 Å². The Morgan fingerprint density at radius 3 is 2.50 bits per heavy atom. The number of nitrogens with two attached hydrogens (primary N) is 1. The molecule has 0 saturated heterocycles. The maximum atomic E-state index is 11.5. The Hall–Kier alpha value is -1.35. The van der Waals surface area contributed by atoms with E-state index in [4.69, 9.17) is 10.5 Å². The third-order valence-electron chi connectivity index (χ3n) is 2.40. The SMILES string of the molecule is CCCCOC(=O)c1ccc([C@H](C)N)cc1. The maximum Gasteiger partial charge on any atom is 0.338 e. The van der Waals surface area contributed by atoms with E-state index in [9.17, 15) is 4.79 Å². The molecule has 3 heteroatoms. The lowest BCUT2D eigenvalue weighted by molar-refractivity contribution is 0.0499. The molecule has 1 rings (SSSR count). The number of carbonyl (C=O) groups excluding carboxylic acids is 1. The van der Waals surface area contributed by atoms with Crippen molar-refractivity contribution in [2.75, 3.05) is 6.61 Å². The minimum Gasteiger partial charge on any atom is -0.462 e. The number of ether oxygens (including phenoxy) is 1. The fourth-order valence-corrected chi connectivity index (χ4v) is 1.32. The van der Waals surface area contributed by atoms with Gasteiger partial charge in [-0.3, -0.25) is 0 Å². The Morgan fingerprint density at radius 2 is 2.00 bits per heavy atom. The van der Waals surface area contributed by atoms with Gasteiger partial charge < -0.3 is 10.5 Å². The molecule has 0 aliphatic carbocycles. The number of carbonyl (C=O) groups is 1. The quantitative estimate of drug-likeness (QED) is 0.614. The minimum absolute atomic E-state index is 0.00911. The standard InChI is InChI=1S/C13H19NO2/c1-3-4-9-16-13(15)12-7-5-11(6-8-12)10(2)14/h5-8,10H,3-4,9,14H2,1-2H3/t10-/m0/s1. The van der Waals surface area contributed by atoms with Crippen LogP contribution in [-0.4, -0.2) is 12.6 Å². The van der Waals surface area contributed by atoms with Gasteiger partial charge in [-0.25, -0.2) is 4.79 Å². The van der Waals surface area contributed by atoms with Crippen LogP contribution in [0.2, 0.25) is 0 Å². The Bertz CT molecular complexity index is 330. The number of benzene rings is 1. The normalized spacial score (nSPS) is 12.2. The minimum atomic E-state index is -0.260. The Kier molecular flexibility index (Phi) is 4.99. The van der Waals surface area contributed by atoms with E-state index in [1.807, 2.05) is 19.1 Å². The molecule has 2 N–H and O–H groups in total. The molecule has 0 aromatic heterocycles. The monoisotopic (exact) mass is 221 g/mol. The molecule has 0 spiro atoms. The number of hydrogen-bond donors (Lipinski definition) is 1. The molecule has 0 amide bonds. The van der Waals surface area contributed by atoms with Crippen LogP contribution in [0.4, 0.5) is 0 Å². The lowest BCUT2D eigenvalue weighted by Crippen LogP contribution is -2.08. The highest BCUT2D eigenvalue weighted by molar-refractivity contribution is 5.89. The van der Waals surface area contributed by atoms with Crippen molar-refractivity contribution in [3.05, 3.63) is 35.4 Å². The van der Waals surface area contributed by atoms with Gasteiger partial charge in [0.1, 0.15) is 0 Å². The van der Waals surface area contributed by atoms with Gasteiger partial charge in [0.15, 0.2) is 0 Å². The van der Waals surface area contributed by atoms with Crippen molar-refractivity contribution in [1.29, 1.82) is 0 Å². The van der Waals surface area contributed by atoms with Crippen molar-refractivity contribution in [2.45, 2.75) is 32.7 Å². The molecular formula is C13H19NO2. The highest BCUT2D eigenvalue weighted by Gasteiger charge is 2.07. The zero-order chi connectivity index (χ0) is 12.0. The van der Waals surface area contributed by atoms with Gasteiger partial charge in [-0.1, -0.05) is 25.5 Å². The van der Waals surface area contributed by atoms with Gasteiger partial charge >= 0.3 is 5.97 Å². The van der Waals surface area contributed by atoms with E-state index in [0.717, 1.165) is 18.4 Å². The number of esters is 1. The maximum absolute atomic E-state index is 11.5. The van der Waals surface area contributed by atoms with E-state index < -0.39 is 0 Å². The average Bonchev–Trinajstić information content (AvgIpc) is 2.29. The van der Waals surface area contributed by atoms with E-state index in [-0.39, 0.29) is 12.0 Å². The molecule has 0 bridgehead atoms. The third-order valence-corrected chi connectivity index (χ3v) is 2.40. The van der Waals surface area contributed by atoms with Crippen LogP contribution >= 0.6 is 0 Å². The molecule has 0 heterocycles. The molecule has 3 nitrogen and oxygen atoms in total. The van der Waals surface area contributed by atoms with Gasteiger partial charge in [0, 0.05) is 6.04 Å². The predicted octanol–water partition coefficient (Wildman–Crippen LogP) is 2.66. The number of hydrogen-bond acceptors (Lipinski definition) is 3. The summed E-state index contributed by atoms with van der Waals surface area (Å²) in [4.78, 5) is 11.5. The number of unbranched alkanes of at least 4 members (excludes halogenated alkanes) is 1. The molecule has 1 aromatic carbocycles. The van der Waals surface area contributed by atoms with E-state index in [0.29, 0.717) is 12.2 Å². The van der Waals surface area contributed by atoms with Crippen LogP contribution in [0.3, 0.4) is 0 Å². The molecule has 16 heavy (non-hydrogen) atoms. The molecule has 1 atom stereocenters. The van der Waals surface area contributed by atoms with Crippen LogP contribution in [0.1, 0.15) is 48.7 Å². The third kappa shape index (κ3) is 3.66. The van der Waals surface area contributed by atoms with Crippen LogP contribution in [0.25, 0.3) is 0 Å². The molecule has 0 fully saturated rings. The second kappa shape index (κ2) is 6.28. The summed E-state index contributed by atoms with van der Waals surface area (Å²) in [5.41, 5.74) is 7.32. The van der Waals surface area contributed by atoms with Crippen LogP contribution in [0.5, 0.6) is 0 Å². The van der Waals surface area contributed by atoms with Crippen LogP contribution in [-0.2, 0) is 4.74 Å². The molecule has 88 valence electrons. The molecular weight excluding hydrogens is 202 g/mol. The fraction of sp³-hybridized carbons (Fsp3) is 0.462.